The lowest BCUT2D eigenvalue weighted by molar-refractivity contribution is -0.117. The summed E-state index contributed by atoms with van der Waals surface area (Å²) in [7, 11) is 1.53. The van der Waals surface area contributed by atoms with Crippen molar-refractivity contribution < 1.29 is 14.3 Å². The van der Waals surface area contributed by atoms with Gasteiger partial charge in [0.05, 0.1) is 29.9 Å². The third-order valence-corrected chi connectivity index (χ3v) is 4.70. The molecule has 7 nitrogen and oxygen atoms in total. The Hall–Kier alpha value is -2.64. The van der Waals surface area contributed by atoms with E-state index in [-0.39, 0.29) is 18.4 Å². The largest absolute Gasteiger partial charge is 0.481 e. The number of pyridine rings is 1. The molecule has 0 atom stereocenters. The SMILES string of the molecule is COc1ccc(C(=O)N2CCN(CC(=O)Nc3ccccc3Cl)CC2)cn1. The summed E-state index contributed by atoms with van der Waals surface area (Å²) in [5, 5.41) is 3.32. The van der Waals surface area contributed by atoms with Crippen molar-refractivity contribution in [2.75, 3.05) is 45.2 Å². The Bertz CT molecular complexity index is 805. The van der Waals surface area contributed by atoms with E-state index in [0.717, 1.165) is 0 Å². The highest BCUT2D eigenvalue weighted by Crippen LogP contribution is 2.20. The first-order chi connectivity index (χ1) is 13.1. The molecular formula is C19H21ClN4O3. The molecule has 3 rings (SSSR count). The second-order valence-corrected chi connectivity index (χ2v) is 6.59. The summed E-state index contributed by atoms with van der Waals surface area (Å²) in [6, 6.07) is 10.5. The number of anilines is 1. The minimum absolute atomic E-state index is 0.0645. The molecule has 1 aliphatic rings. The minimum atomic E-state index is -0.123. The number of aromatic nitrogens is 1. The van der Waals surface area contributed by atoms with Gasteiger partial charge in [-0.3, -0.25) is 14.5 Å². The van der Waals surface area contributed by atoms with Crippen LogP contribution in [0.25, 0.3) is 0 Å². The maximum atomic E-state index is 12.5. The zero-order chi connectivity index (χ0) is 19.2. The van der Waals surface area contributed by atoms with Gasteiger partial charge in [0, 0.05) is 38.4 Å². The van der Waals surface area contributed by atoms with Crippen molar-refractivity contribution in [2.24, 2.45) is 0 Å². The van der Waals surface area contributed by atoms with Crippen LogP contribution in [0.4, 0.5) is 5.69 Å². The minimum Gasteiger partial charge on any atom is -0.481 e. The molecule has 2 heterocycles. The van der Waals surface area contributed by atoms with Crippen LogP contribution in [-0.2, 0) is 4.79 Å². The molecule has 0 saturated carbocycles. The highest BCUT2D eigenvalue weighted by molar-refractivity contribution is 6.33. The number of ether oxygens (including phenoxy) is 1. The monoisotopic (exact) mass is 388 g/mol. The van der Waals surface area contributed by atoms with Gasteiger partial charge in [-0.15, -0.1) is 0 Å². The molecular weight excluding hydrogens is 368 g/mol. The van der Waals surface area contributed by atoms with Crippen LogP contribution in [-0.4, -0.2) is 66.4 Å². The molecule has 8 heteroatoms. The summed E-state index contributed by atoms with van der Waals surface area (Å²) in [6.45, 7) is 2.64. The Morgan fingerprint density at radius 3 is 2.52 bits per heavy atom. The van der Waals surface area contributed by atoms with Gasteiger partial charge in [-0.2, -0.15) is 0 Å². The van der Waals surface area contributed by atoms with E-state index in [4.69, 9.17) is 16.3 Å². The Morgan fingerprint density at radius 1 is 1.15 bits per heavy atom. The molecule has 0 aliphatic carbocycles. The lowest BCUT2D eigenvalue weighted by atomic mass is 10.2. The van der Waals surface area contributed by atoms with Gasteiger partial charge in [0.15, 0.2) is 0 Å². The van der Waals surface area contributed by atoms with Gasteiger partial charge < -0.3 is 15.0 Å². The van der Waals surface area contributed by atoms with E-state index in [2.05, 4.69) is 10.3 Å². The summed E-state index contributed by atoms with van der Waals surface area (Å²) in [4.78, 5) is 32.6. The van der Waals surface area contributed by atoms with Gasteiger partial charge in [0.2, 0.25) is 11.8 Å². The number of para-hydroxylation sites is 1. The number of rotatable bonds is 5. The van der Waals surface area contributed by atoms with Crippen molar-refractivity contribution in [1.29, 1.82) is 0 Å². The molecule has 1 aromatic carbocycles. The van der Waals surface area contributed by atoms with E-state index in [0.29, 0.717) is 48.3 Å². The number of methoxy groups -OCH3 is 1. The molecule has 0 unspecified atom stereocenters. The highest BCUT2D eigenvalue weighted by Gasteiger charge is 2.23. The summed E-state index contributed by atoms with van der Waals surface area (Å²) in [6.07, 6.45) is 1.52. The van der Waals surface area contributed by atoms with Crippen LogP contribution in [0.15, 0.2) is 42.6 Å². The molecule has 2 amide bonds. The lowest BCUT2D eigenvalue weighted by Gasteiger charge is -2.34. The van der Waals surface area contributed by atoms with Crippen LogP contribution in [0.2, 0.25) is 5.02 Å². The Kier molecular flexibility index (Phi) is 6.26. The maximum absolute atomic E-state index is 12.5. The van der Waals surface area contributed by atoms with Crippen molar-refractivity contribution in [3.8, 4) is 5.88 Å². The predicted octanol–water partition coefficient (Wildman–Crippen LogP) is 2.14. The summed E-state index contributed by atoms with van der Waals surface area (Å²) in [5.41, 5.74) is 1.13. The lowest BCUT2D eigenvalue weighted by Crippen LogP contribution is -2.50. The predicted molar refractivity (Wildman–Crippen MR) is 103 cm³/mol. The number of carbonyl (C=O) groups excluding carboxylic acids is 2. The fourth-order valence-corrected chi connectivity index (χ4v) is 3.06. The average molecular weight is 389 g/mol. The van der Waals surface area contributed by atoms with E-state index in [1.54, 1.807) is 29.2 Å². The van der Waals surface area contributed by atoms with Gasteiger partial charge >= 0.3 is 0 Å². The molecule has 1 aromatic heterocycles. The number of benzene rings is 1. The third kappa shape index (κ3) is 4.96. The van der Waals surface area contributed by atoms with Gasteiger partial charge in [0.1, 0.15) is 0 Å². The Labute approximate surface area is 162 Å². The molecule has 2 aromatic rings. The van der Waals surface area contributed by atoms with Crippen molar-refractivity contribution in [3.63, 3.8) is 0 Å². The quantitative estimate of drug-likeness (QED) is 0.849. The van der Waals surface area contributed by atoms with Crippen molar-refractivity contribution in [1.82, 2.24) is 14.8 Å². The summed E-state index contributed by atoms with van der Waals surface area (Å²) >= 11 is 6.06. The van der Waals surface area contributed by atoms with Crippen LogP contribution in [0, 0.1) is 0 Å². The topological polar surface area (TPSA) is 74.8 Å². The maximum Gasteiger partial charge on any atom is 0.255 e. The molecule has 1 saturated heterocycles. The first kappa shape index (κ1) is 19.1. The van der Waals surface area contributed by atoms with E-state index in [1.165, 1.54) is 13.3 Å². The molecule has 27 heavy (non-hydrogen) atoms. The molecule has 0 spiro atoms. The average Bonchev–Trinajstić information content (AvgIpc) is 2.70. The van der Waals surface area contributed by atoms with E-state index in [9.17, 15) is 9.59 Å². The van der Waals surface area contributed by atoms with Crippen LogP contribution in [0.1, 0.15) is 10.4 Å². The Balaban J connectivity index is 1.48. The summed E-state index contributed by atoms with van der Waals surface area (Å²) in [5.74, 6) is 0.286. The Morgan fingerprint density at radius 2 is 1.89 bits per heavy atom. The first-order valence-corrected chi connectivity index (χ1v) is 9.00. The van der Waals surface area contributed by atoms with Crippen LogP contribution in [0.3, 0.4) is 0 Å². The zero-order valence-corrected chi connectivity index (χ0v) is 15.8. The van der Waals surface area contributed by atoms with Gasteiger partial charge in [0.25, 0.3) is 5.91 Å². The third-order valence-electron chi connectivity index (χ3n) is 4.37. The number of nitrogens with zero attached hydrogens (tertiary/aromatic N) is 3. The van der Waals surface area contributed by atoms with Crippen molar-refractivity contribution >= 4 is 29.1 Å². The smallest absolute Gasteiger partial charge is 0.255 e. The van der Waals surface area contributed by atoms with Gasteiger partial charge in [-0.05, 0) is 18.2 Å². The normalized spacial score (nSPS) is 14.7. The first-order valence-electron chi connectivity index (χ1n) is 8.63. The van der Waals surface area contributed by atoms with Crippen molar-refractivity contribution in [2.45, 2.75) is 0 Å². The highest BCUT2D eigenvalue weighted by atomic mass is 35.5. The summed E-state index contributed by atoms with van der Waals surface area (Å²) < 4.78 is 5.01. The van der Waals surface area contributed by atoms with E-state index < -0.39 is 0 Å². The van der Waals surface area contributed by atoms with Crippen molar-refractivity contribution in [3.05, 3.63) is 53.2 Å². The van der Waals surface area contributed by atoms with Crippen LogP contribution < -0.4 is 10.1 Å². The van der Waals surface area contributed by atoms with E-state index in [1.807, 2.05) is 17.0 Å². The number of nitrogens with one attached hydrogen (secondary N) is 1. The van der Waals surface area contributed by atoms with Gasteiger partial charge in [-0.25, -0.2) is 4.98 Å². The molecule has 142 valence electrons. The second kappa shape index (κ2) is 8.83. The van der Waals surface area contributed by atoms with Gasteiger partial charge in [-0.1, -0.05) is 23.7 Å². The molecule has 1 fully saturated rings. The molecule has 0 bridgehead atoms. The fourth-order valence-electron chi connectivity index (χ4n) is 2.87. The van der Waals surface area contributed by atoms with Crippen LogP contribution in [0.5, 0.6) is 5.88 Å². The van der Waals surface area contributed by atoms with E-state index >= 15 is 0 Å². The second-order valence-electron chi connectivity index (χ2n) is 6.19. The number of hydrogen-bond acceptors (Lipinski definition) is 5. The number of halogens is 1. The number of piperazine rings is 1. The number of carbonyl (C=O) groups is 2. The number of amides is 2. The molecule has 0 radical (unpaired) electrons. The zero-order valence-electron chi connectivity index (χ0n) is 15.0. The van der Waals surface area contributed by atoms with Crippen LogP contribution >= 0.6 is 11.6 Å². The molecule has 1 N–H and O–H groups in total. The molecule has 1 aliphatic heterocycles. The fraction of sp³-hybridized carbons (Fsp3) is 0.316. The number of hydrogen-bond donors (Lipinski definition) is 1. The standard InChI is InChI=1S/C19H21ClN4O3/c1-27-18-7-6-14(12-21-18)19(26)24-10-8-23(9-11-24)13-17(25)22-16-5-3-2-4-15(16)20/h2-7,12H,8-11,13H2,1H3,(H,22,25).